The number of nitrogens with one attached hydrogen (secondary N) is 1. The number of anilines is 1. The Morgan fingerprint density at radius 2 is 1.73 bits per heavy atom. The lowest BCUT2D eigenvalue weighted by Gasteiger charge is -2.12. The topological polar surface area (TPSA) is 29.1 Å². The Labute approximate surface area is 126 Å². The van der Waals surface area contributed by atoms with E-state index in [4.69, 9.17) is 11.6 Å². The van der Waals surface area contributed by atoms with Crippen LogP contribution in [-0.2, 0) is 6.18 Å². The summed E-state index contributed by atoms with van der Waals surface area (Å²) in [6.45, 7) is 0. The van der Waals surface area contributed by atoms with E-state index in [1.165, 1.54) is 0 Å². The van der Waals surface area contributed by atoms with Crippen LogP contribution in [0.15, 0.2) is 36.4 Å². The molecule has 2 rings (SSSR count). The van der Waals surface area contributed by atoms with Crippen LogP contribution in [0, 0.1) is 11.6 Å². The normalized spacial score (nSPS) is 11.4. The van der Waals surface area contributed by atoms with Crippen molar-refractivity contribution in [2.75, 3.05) is 5.32 Å². The highest BCUT2D eigenvalue weighted by molar-refractivity contribution is 6.31. The number of hydrogen-bond donors (Lipinski definition) is 1. The van der Waals surface area contributed by atoms with Crippen molar-refractivity contribution in [1.29, 1.82) is 0 Å². The molecule has 0 unspecified atom stereocenters. The number of halogens is 6. The summed E-state index contributed by atoms with van der Waals surface area (Å²) in [6, 6.07) is 4.88. The molecule has 0 aliphatic heterocycles. The summed E-state index contributed by atoms with van der Waals surface area (Å²) in [5.74, 6) is -2.92. The maximum absolute atomic E-state index is 13.4. The van der Waals surface area contributed by atoms with Gasteiger partial charge in [-0.3, -0.25) is 4.79 Å². The Morgan fingerprint density at radius 3 is 2.36 bits per heavy atom. The van der Waals surface area contributed by atoms with E-state index in [0.29, 0.717) is 12.1 Å². The van der Waals surface area contributed by atoms with Crippen LogP contribution in [0.25, 0.3) is 0 Å². The quantitative estimate of drug-likeness (QED) is 0.778. The maximum Gasteiger partial charge on any atom is 0.417 e. The predicted molar refractivity (Wildman–Crippen MR) is 70.8 cm³/mol. The molecule has 0 radical (unpaired) electrons. The molecule has 0 aromatic heterocycles. The molecule has 22 heavy (non-hydrogen) atoms. The molecule has 2 aromatic carbocycles. The first-order valence-electron chi connectivity index (χ1n) is 5.81. The van der Waals surface area contributed by atoms with E-state index in [1.807, 2.05) is 0 Å². The molecule has 0 heterocycles. The van der Waals surface area contributed by atoms with E-state index >= 15 is 0 Å². The molecule has 0 spiro atoms. The summed E-state index contributed by atoms with van der Waals surface area (Å²) in [4.78, 5) is 11.8. The van der Waals surface area contributed by atoms with E-state index < -0.39 is 39.9 Å². The van der Waals surface area contributed by atoms with Crippen LogP contribution in [-0.4, -0.2) is 5.91 Å². The van der Waals surface area contributed by atoms with Gasteiger partial charge in [0.1, 0.15) is 11.6 Å². The van der Waals surface area contributed by atoms with E-state index in [1.54, 1.807) is 0 Å². The fourth-order valence-corrected chi connectivity index (χ4v) is 1.91. The number of amides is 1. The Balaban J connectivity index is 2.31. The first-order chi connectivity index (χ1) is 10.2. The summed E-state index contributed by atoms with van der Waals surface area (Å²) in [6.07, 6.45) is -4.71. The van der Waals surface area contributed by atoms with Gasteiger partial charge in [0, 0.05) is 5.69 Å². The third kappa shape index (κ3) is 3.54. The molecule has 0 aliphatic carbocycles. The molecule has 116 valence electrons. The number of carbonyl (C=O) groups is 1. The highest BCUT2D eigenvalue weighted by Crippen LogP contribution is 2.36. The van der Waals surface area contributed by atoms with Crippen molar-refractivity contribution in [2.45, 2.75) is 6.18 Å². The van der Waals surface area contributed by atoms with Crippen LogP contribution >= 0.6 is 11.6 Å². The van der Waals surface area contributed by atoms with Gasteiger partial charge in [0.05, 0.1) is 16.1 Å². The second-order valence-electron chi connectivity index (χ2n) is 4.27. The molecule has 0 fully saturated rings. The number of benzene rings is 2. The SMILES string of the molecule is O=C(Nc1ccc(Cl)c(C(F)(F)F)c1)c1cc(F)ccc1F. The van der Waals surface area contributed by atoms with Crippen molar-refractivity contribution in [3.63, 3.8) is 0 Å². The van der Waals surface area contributed by atoms with Crippen molar-refractivity contribution >= 4 is 23.2 Å². The van der Waals surface area contributed by atoms with Crippen molar-refractivity contribution < 1.29 is 26.7 Å². The molecule has 0 atom stereocenters. The van der Waals surface area contributed by atoms with Crippen LogP contribution in [0.1, 0.15) is 15.9 Å². The number of rotatable bonds is 2. The van der Waals surface area contributed by atoms with Gasteiger partial charge < -0.3 is 5.32 Å². The first kappa shape index (κ1) is 16.2. The third-order valence-electron chi connectivity index (χ3n) is 2.70. The highest BCUT2D eigenvalue weighted by Gasteiger charge is 2.33. The fraction of sp³-hybridized carbons (Fsp3) is 0.0714. The average Bonchev–Trinajstić information content (AvgIpc) is 2.42. The summed E-state index contributed by atoms with van der Waals surface area (Å²) >= 11 is 5.44. The molecule has 1 amide bonds. The molecule has 2 aromatic rings. The lowest BCUT2D eigenvalue weighted by Crippen LogP contribution is -2.15. The van der Waals surface area contributed by atoms with E-state index in [-0.39, 0.29) is 5.69 Å². The van der Waals surface area contributed by atoms with Crippen LogP contribution in [0.4, 0.5) is 27.6 Å². The van der Waals surface area contributed by atoms with Gasteiger partial charge in [-0.05, 0) is 36.4 Å². The molecule has 8 heteroatoms. The van der Waals surface area contributed by atoms with Gasteiger partial charge in [-0.15, -0.1) is 0 Å². The Bertz CT molecular complexity index is 730. The summed E-state index contributed by atoms with van der Waals surface area (Å²) in [5.41, 5.74) is -2.01. The van der Waals surface area contributed by atoms with Gasteiger partial charge in [-0.1, -0.05) is 11.6 Å². The molecule has 0 saturated heterocycles. The standard InChI is InChI=1S/C14H7ClF5NO/c15-11-3-2-8(6-10(11)14(18,19)20)21-13(22)9-5-7(16)1-4-12(9)17/h1-6H,(H,21,22). The number of alkyl halides is 3. The molecule has 2 nitrogen and oxygen atoms in total. The largest absolute Gasteiger partial charge is 0.417 e. The Kier molecular flexibility index (Phi) is 4.37. The molecular formula is C14H7ClF5NO. The summed E-state index contributed by atoms with van der Waals surface area (Å²) < 4.78 is 64.5. The second kappa shape index (κ2) is 5.92. The zero-order valence-electron chi connectivity index (χ0n) is 10.6. The average molecular weight is 336 g/mol. The van der Waals surface area contributed by atoms with E-state index in [2.05, 4.69) is 5.32 Å². The van der Waals surface area contributed by atoms with Crippen LogP contribution in [0.3, 0.4) is 0 Å². The van der Waals surface area contributed by atoms with Gasteiger partial charge in [0.25, 0.3) is 5.91 Å². The van der Waals surface area contributed by atoms with Crippen molar-refractivity contribution in [1.82, 2.24) is 0 Å². The Hall–Kier alpha value is -2.15. The minimum atomic E-state index is -4.71. The molecule has 0 bridgehead atoms. The van der Waals surface area contributed by atoms with Gasteiger partial charge in [-0.25, -0.2) is 8.78 Å². The van der Waals surface area contributed by atoms with Crippen LogP contribution in [0.5, 0.6) is 0 Å². The first-order valence-corrected chi connectivity index (χ1v) is 6.19. The third-order valence-corrected chi connectivity index (χ3v) is 3.03. The lowest BCUT2D eigenvalue weighted by molar-refractivity contribution is -0.137. The smallest absolute Gasteiger partial charge is 0.322 e. The maximum atomic E-state index is 13.4. The fourth-order valence-electron chi connectivity index (χ4n) is 1.69. The zero-order valence-corrected chi connectivity index (χ0v) is 11.4. The van der Waals surface area contributed by atoms with Gasteiger partial charge in [0.15, 0.2) is 0 Å². The summed E-state index contributed by atoms with van der Waals surface area (Å²) in [5, 5.41) is 1.52. The lowest BCUT2D eigenvalue weighted by atomic mass is 10.1. The number of hydrogen-bond acceptors (Lipinski definition) is 1. The monoisotopic (exact) mass is 335 g/mol. The zero-order chi connectivity index (χ0) is 16.5. The molecule has 0 aliphatic rings. The molecular weight excluding hydrogens is 329 g/mol. The van der Waals surface area contributed by atoms with Crippen LogP contribution < -0.4 is 5.32 Å². The van der Waals surface area contributed by atoms with Gasteiger partial charge >= 0.3 is 6.18 Å². The molecule has 0 saturated carbocycles. The second-order valence-corrected chi connectivity index (χ2v) is 4.68. The molecule has 1 N–H and O–H groups in total. The van der Waals surface area contributed by atoms with E-state index in [9.17, 15) is 26.7 Å². The Morgan fingerprint density at radius 1 is 1.05 bits per heavy atom. The van der Waals surface area contributed by atoms with Gasteiger partial charge in [-0.2, -0.15) is 13.2 Å². The van der Waals surface area contributed by atoms with Crippen LogP contribution in [0.2, 0.25) is 5.02 Å². The predicted octanol–water partition coefficient (Wildman–Crippen LogP) is 4.89. The van der Waals surface area contributed by atoms with Crippen molar-refractivity contribution in [3.05, 3.63) is 64.2 Å². The number of carbonyl (C=O) groups excluding carboxylic acids is 1. The van der Waals surface area contributed by atoms with Crippen molar-refractivity contribution in [3.8, 4) is 0 Å². The minimum Gasteiger partial charge on any atom is -0.322 e. The van der Waals surface area contributed by atoms with Crippen molar-refractivity contribution in [2.24, 2.45) is 0 Å². The van der Waals surface area contributed by atoms with Gasteiger partial charge in [0.2, 0.25) is 0 Å². The summed E-state index contributed by atoms with van der Waals surface area (Å²) in [7, 11) is 0. The highest BCUT2D eigenvalue weighted by atomic mass is 35.5. The minimum absolute atomic E-state index is 0.245. The van der Waals surface area contributed by atoms with E-state index in [0.717, 1.165) is 24.3 Å².